The van der Waals surface area contributed by atoms with Crippen molar-refractivity contribution in [1.29, 1.82) is 0 Å². The molecule has 1 nitrogen and oxygen atoms in total. The van der Waals surface area contributed by atoms with E-state index >= 15 is 0 Å². The van der Waals surface area contributed by atoms with Gasteiger partial charge in [0.2, 0.25) is 0 Å². The third kappa shape index (κ3) is 4.55. The summed E-state index contributed by atoms with van der Waals surface area (Å²) in [5.41, 5.74) is 0. The Morgan fingerprint density at radius 2 is 2.45 bits per heavy atom. The number of thioether (sulfide) groups is 1. The minimum atomic E-state index is 0. The van der Waals surface area contributed by atoms with E-state index in [1.54, 1.807) is 18.9 Å². The van der Waals surface area contributed by atoms with Crippen molar-refractivity contribution < 1.29 is 23.6 Å². The average molecular weight is 160 g/mol. The number of hydrogen-bond acceptors (Lipinski definition) is 2. The maximum Gasteiger partial charge on any atom is 1.00 e. The van der Waals surface area contributed by atoms with Crippen LogP contribution < -0.4 is 18.9 Å². The summed E-state index contributed by atoms with van der Waals surface area (Å²) >= 11 is 1.67. The molecule has 0 aliphatic rings. The average Bonchev–Trinajstić information content (AvgIpc) is 2.03. The zero-order valence-corrected chi connectivity index (χ0v) is 7.65. The zero-order valence-electron chi connectivity index (χ0n) is 6.83. The Labute approximate surface area is 83.7 Å². The number of rotatable bonds is 3. The summed E-state index contributed by atoms with van der Waals surface area (Å²) in [6.45, 7) is 0. The first kappa shape index (κ1) is 11.1. The molecule has 0 saturated carbocycles. The van der Waals surface area contributed by atoms with Crippen LogP contribution >= 0.6 is 11.8 Å². The number of methoxy groups -OCH3 is 1. The van der Waals surface area contributed by atoms with E-state index in [4.69, 9.17) is 4.74 Å². The summed E-state index contributed by atoms with van der Waals surface area (Å²) in [6, 6.07) is 10.8. The smallest absolute Gasteiger partial charge is 0.375 e. The number of hydrogen-bond donors (Lipinski definition) is 0. The van der Waals surface area contributed by atoms with E-state index in [1.165, 1.54) is 4.90 Å². The summed E-state index contributed by atoms with van der Waals surface area (Å²) in [7, 11) is 1.69. The Balaban J connectivity index is 0.000001000. The Kier molecular flexibility index (Phi) is 6.89. The predicted octanol–water partition coefficient (Wildman–Crippen LogP) is -0.813. The molecule has 0 spiro atoms. The fourth-order valence-electron chi connectivity index (χ4n) is 0.594. The van der Waals surface area contributed by atoms with Gasteiger partial charge in [0.15, 0.2) is 0 Å². The van der Waals surface area contributed by atoms with Crippen LogP contribution in [0.1, 0.15) is 0 Å². The molecule has 0 radical (unpaired) electrons. The molecule has 54 valence electrons. The topological polar surface area (TPSA) is 9.23 Å². The molecule has 0 atom stereocenters. The quantitative estimate of drug-likeness (QED) is 0.247. The Morgan fingerprint density at radius 3 is 3.00 bits per heavy atom. The van der Waals surface area contributed by atoms with Gasteiger partial charge < -0.3 is 4.74 Å². The van der Waals surface area contributed by atoms with Crippen molar-refractivity contribution in [3.05, 3.63) is 30.3 Å². The molecule has 0 unspecified atom stereocenters. The maximum atomic E-state index is 4.89. The van der Waals surface area contributed by atoms with Gasteiger partial charge in [0.05, 0.1) is 5.94 Å². The predicted molar refractivity (Wildman–Crippen MR) is 43.0 cm³/mol. The maximum absolute atomic E-state index is 4.89. The normalized spacial score (nSPS) is 8.82. The van der Waals surface area contributed by atoms with Gasteiger partial charge in [-0.25, -0.2) is 0 Å². The van der Waals surface area contributed by atoms with Gasteiger partial charge in [-0.2, -0.15) is 42.1 Å². The fraction of sp³-hybridized carbons (Fsp3) is 0.250. The van der Waals surface area contributed by atoms with Gasteiger partial charge in [-0.15, -0.1) is 0 Å². The van der Waals surface area contributed by atoms with Crippen molar-refractivity contribution in [3.8, 4) is 0 Å². The molecule has 0 N–H and O–H groups in total. The van der Waals surface area contributed by atoms with E-state index in [1.807, 2.05) is 24.3 Å². The van der Waals surface area contributed by atoms with Crippen LogP contribution in [0.4, 0.5) is 0 Å². The van der Waals surface area contributed by atoms with Gasteiger partial charge in [0.25, 0.3) is 0 Å². The van der Waals surface area contributed by atoms with E-state index in [0.717, 1.165) is 0 Å². The van der Waals surface area contributed by atoms with E-state index in [-0.39, 0.29) is 18.9 Å². The van der Waals surface area contributed by atoms with Crippen LogP contribution in [0, 0.1) is 6.07 Å². The van der Waals surface area contributed by atoms with E-state index in [2.05, 4.69) is 6.07 Å². The van der Waals surface area contributed by atoms with E-state index in [0.29, 0.717) is 5.94 Å². The van der Waals surface area contributed by atoms with E-state index < -0.39 is 0 Å². The Morgan fingerprint density at radius 1 is 1.64 bits per heavy atom. The Bertz CT molecular complexity index is 179. The van der Waals surface area contributed by atoms with Crippen molar-refractivity contribution >= 4 is 11.8 Å². The second-order valence-corrected chi connectivity index (χ2v) is 2.79. The Hall–Kier alpha value is 0.127. The van der Waals surface area contributed by atoms with Crippen molar-refractivity contribution in [2.45, 2.75) is 4.90 Å². The molecule has 0 aliphatic heterocycles. The summed E-state index contributed by atoms with van der Waals surface area (Å²) in [4.78, 5) is 1.20. The van der Waals surface area contributed by atoms with Gasteiger partial charge in [-0.1, -0.05) is 4.90 Å². The summed E-state index contributed by atoms with van der Waals surface area (Å²) in [6.07, 6.45) is 0. The monoisotopic (exact) mass is 160 g/mol. The van der Waals surface area contributed by atoms with Crippen LogP contribution in [0.15, 0.2) is 29.2 Å². The first-order valence-corrected chi connectivity index (χ1v) is 4.00. The van der Waals surface area contributed by atoms with E-state index in [9.17, 15) is 0 Å². The molecule has 1 aromatic rings. The van der Waals surface area contributed by atoms with Crippen molar-refractivity contribution in [2.24, 2.45) is 0 Å². The largest absolute Gasteiger partial charge is 1.00 e. The zero-order chi connectivity index (χ0) is 7.23. The first-order chi connectivity index (χ1) is 4.93. The molecule has 0 amide bonds. The van der Waals surface area contributed by atoms with Crippen molar-refractivity contribution in [3.63, 3.8) is 0 Å². The molecule has 0 fully saturated rings. The van der Waals surface area contributed by atoms with Crippen molar-refractivity contribution in [2.75, 3.05) is 13.0 Å². The summed E-state index contributed by atoms with van der Waals surface area (Å²) < 4.78 is 4.89. The molecule has 0 saturated heterocycles. The van der Waals surface area contributed by atoms with Gasteiger partial charge in [0.1, 0.15) is 0 Å². The molecule has 0 aliphatic carbocycles. The number of benzene rings is 1. The van der Waals surface area contributed by atoms with Gasteiger partial charge in [-0.3, -0.25) is 0 Å². The molecule has 1 rings (SSSR count). The molecule has 0 aromatic heterocycles. The SMILES string of the molecule is COCSc1c[c-]ccc1.[Li+]. The minimum Gasteiger partial charge on any atom is -0.375 e. The second kappa shape index (κ2) is 6.81. The molecule has 11 heavy (non-hydrogen) atoms. The summed E-state index contributed by atoms with van der Waals surface area (Å²) in [5, 5.41) is 0. The van der Waals surface area contributed by atoms with Crippen molar-refractivity contribution in [1.82, 2.24) is 0 Å². The molecule has 1 aromatic carbocycles. The molecule has 0 bridgehead atoms. The standard InChI is InChI=1S/C8H9OS.Li/c1-9-7-10-8-5-3-2-4-6-8;/h2-3,5-6H,7H2,1H3;/q-1;+1. The van der Waals surface area contributed by atoms with Crippen LogP contribution in [-0.4, -0.2) is 13.0 Å². The second-order valence-electron chi connectivity index (χ2n) is 1.79. The first-order valence-electron chi connectivity index (χ1n) is 3.01. The van der Waals surface area contributed by atoms with Crippen LogP contribution in [0.3, 0.4) is 0 Å². The fourth-order valence-corrected chi connectivity index (χ4v) is 1.17. The third-order valence-electron chi connectivity index (χ3n) is 1.02. The molecule has 3 heteroatoms. The van der Waals surface area contributed by atoms with Gasteiger partial charge in [0, 0.05) is 7.11 Å². The third-order valence-corrected chi connectivity index (χ3v) is 1.96. The van der Waals surface area contributed by atoms with Crippen LogP contribution in [-0.2, 0) is 4.74 Å². The number of ether oxygens (including phenoxy) is 1. The summed E-state index contributed by atoms with van der Waals surface area (Å²) in [5.74, 6) is 0.706. The van der Waals surface area contributed by atoms with Crippen LogP contribution in [0.25, 0.3) is 0 Å². The molecular formula is C8H9LiOS. The molecule has 0 heterocycles. The van der Waals surface area contributed by atoms with Gasteiger partial charge in [-0.05, 0) is 0 Å². The minimum absolute atomic E-state index is 0. The van der Waals surface area contributed by atoms with Crippen LogP contribution in [0.2, 0.25) is 0 Å². The molecular weight excluding hydrogens is 151 g/mol. The van der Waals surface area contributed by atoms with Gasteiger partial charge >= 0.3 is 18.9 Å². The van der Waals surface area contributed by atoms with Crippen LogP contribution in [0.5, 0.6) is 0 Å².